The third kappa shape index (κ3) is 2.36. The van der Waals surface area contributed by atoms with Crippen molar-refractivity contribution in [1.29, 1.82) is 0 Å². The summed E-state index contributed by atoms with van der Waals surface area (Å²) in [4.78, 5) is 8.66. The van der Waals surface area contributed by atoms with Crippen molar-refractivity contribution in [2.45, 2.75) is 0 Å². The normalized spacial score (nSPS) is 10.8. The molecule has 0 aliphatic rings. The molecule has 0 bridgehead atoms. The van der Waals surface area contributed by atoms with Crippen molar-refractivity contribution in [2.75, 3.05) is 12.8 Å². The zero-order chi connectivity index (χ0) is 15.0. The van der Waals surface area contributed by atoms with Gasteiger partial charge in [-0.05, 0) is 36.4 Å². The molecule has 0 atom stereocenters. The van der Waals surface area contributed by atoms with Crippen molar-refractivity contribution < 1.29 is 9.13 Å². The molecule has 1 aromatic heterocycles. The predicted octanol–water partition coefficient (Wildman–Crippen LogP) is 3.68. The Labute approximate surface area is 125 Å². The second-order valence-electron chi connectivity index (χ2n) is 4.42. The van der Waals surface area contributed by atoms with Gasteiger partial charge in [0.1, 0.15) is 22.4 Å². The number of ether oxygens (including phenoxy) is 1. The molecule has 3 aromatic rings. The maximum absolute atomic E-state index is 13.0. The topological polar surface area (TPSA) is 61.0 Å². The molecule has 1 heterocycles. The predicted molar refractivity (Wildman–Crippen MR) is 80.9 cm³/mol. The van der Waals surface area contributed by atoms with E-state index >= 15 is 0 Å². The van der Waals surface area contributed by atoms with Crippen molar-refractivity contribution in [1.82, 2.24) is 9.97 Å². The summed E-state index contributed by atoms with van der Waals surface area (Å²) < 4.78 is 18.2. The second kappa shape index (κ2) is 5.18. The largest absolute Gasteiger partial charge is 0.495 e. The molecule has 0 aliphatic carbocycles. The number of nitrogens with two attached hydrogens (primary N) is 1. The van der Waals surface area contributed by atoms with Gasteiger partial charge in [-0.3, -0.25) is 0 Å². The fourth-order valence-corrected chi connectivity index (χ4v) is 2.34. The third-order valence-electron chi connectivity index (χ3n) is 3.12. The molecule has 0 saturated heterocycles. The van der Waals surface area contributed by atoms with Crippen LogP contribution in [-0.2, 0) is 0 Å². The highest BCUT2D eigenvalue weighted by Gasteiger charge is 2.13. The van der Waals surface area contributed by atoms with Gasteiger partial charge in [0.05, 0.1) is 12.6 Å². The molecule has 2 N–H and O–H groups in total. The summed E-state index contributed by atoms with van der Waals surface area (Å²) in [6.45, 7) is 0. The SMILES string of the molecule is COc1ccc2c(N)nc(-c3ccc(F)cc3)nc2c1Cl. The zero-order valence-electron chi connectivity index (χ0n) is 11.1. The lowest BCUT2D eigenvalue weighted by Crippen LogP contribution is -1.99. The van der Waals surface area contributed by atoms with Crippen molar-refractivity contribution in [3.05, 3.63) is 47.2 Å². The van der Waals surface area contributed by atoms with Crippen LogP contribution in [0.3, 0.4) is 0 Å². The Hall–Kier alpha value is -2.40. The highest BCUT2D eigenvalue weighted by atomic mass is 35.5. The summed E-state index contributed by atoms with van der Waals surface area (Å²) in [7, 11) is 1.53. The minimum absolute atomic E-state index is 0.309. The summed E-state index contributed by atoms with van der Waals surface area (Å²) in [6, 6.07) is 9.32. The number of benzene rings is 2. The molecule has 0 radical (unpaired) electrons. The molecular weight excluding hydrogens is 293 g/mol. The van der Waals surface area contributed by atoms with E-state index in [2.05, 4.69) is 9.97 Å². The smallest absolute Gasteiger partial charge is 0.162 e. The Morgan fingerprint density at radius 1 is 1.10 bits per heavy atom. The van der Waals surface area contributed by atoms with Gasteiger partial charge in [0.15, 0.2) is 5.82 Å². The fourth-order valence-electron chi connectivity index (χ4n) is 2.05. The van der Waals surface area contributed by atoms with Gasteiger partial charge in [-0.1, -0.05) is 11.6 Å². The minimum atomic E-state index is -0.327. The summed E-state index contributed by atoms with van der Waals surface area (Å²) in [5, 5.41) is 1.01. The van der Waals surface area contributed by atoms with E-state index in [1.54, 1.807) is 24.3 Å². The molecule has 0 amide bonds. The highest BCUT2D eigenvalue weighted by Crippen LogP contribution is 2.34. The first-order chi connectivity index (χ1) is 10.1. The molecule has 2 aromatic carbocycles. The molecule has 21 heavy (non-hydrogen) atoms. The standard InChI is InChI=1S/C15H11ClFN3O/c1-21-11-7-6-10-13(12(11)16)19-15(20-14(10)18)8-2-4-9(17)5-3-8/h2-7H,1H3,(H2,18,19,20). The van der Waals surface area contributed by atoms with Crippen LogP contribution in [0.15, 0.2) is 36.4 Å². The summed E-state index contributed by atoms with van der Waals surface area (Å²) in [5.41, 5.74) is 7.12. The lowest BCUT2D eigenvalue weighted by Gasteiger charge is -2.09. The maximum atomic E-state index is 13.0. The Bertz CT molecular complexity index is 821. The molecule has 0 unspecified atom stereocenters. The molecule has 4 nitrogen and oxygen atoms in total. The summed E-state index contributed by atoms with van der Waals surface area (Å²) in [5.74, 6) is 0.874. The number of anilines is 1. The van der Waals surface area contributed by atoms with Crippen LogP contribution in [0.25, 0.3) is 22.3 Å². The first-order valence-corrected chi connectivity index (χ1v) is 6.53. The van der Waals surface area contributed by atoms with Crippen LogP contribution in [0.4, 0.5) is 10.2 Å². The number of nitrogens with zero attached hydrogens (tertiary/aromatic N) is 2. The lowest BCUT2D eigenvalue weighted by molar-refractivity contribution is 0.415. The van der Waals surface area contributed by atoms with Gasteiger partial charge in [-0.2, -0.15) is 0 Å². The van der Waals surface area contributed by atoms with E-state index in [9.17, 15) is 4.39 Å². The molecule has 106 valence electrons. The fraction of sp³-hybridized carbons (Fsp3) is 0.0667. The third-order valence-corrected chi connectivity index (χ3v) is 3.49. The van der Waals surface area contributed by atoms with Crippen molar-refractivity contribution in [3.8, 4) is 17.1 Å². The summed E-state index contributed by atoms with van der Waals surface area (Å²) >= 11 is 6.27. The Kier molecular flexibility index (Phi) is 3.35. The van der Waals surface area contributed by atoms with Crippen LogP contribution in [0.5, 0.6) is 5.75 Å². The van der Waals surface area contributed by atoms with E-state index < -0.39 is 0 Å². The first kappa shape index (κ1) is 13.6. The molecular formula is C15H11ClFN3O. The van der Waals surface area contributed by atoms with Crippen LogP contribution in [0, 0.1) is 5.82 Å². The number of hydrogen-bond acceptors (Lipinski definition) is 4. The Balaban J connectivity index is 2.26. The molecule has 0 aliphatic heterocycles. The van der Waals surface area contributed by atoms with Crippen LogP contribution < -0.4 is 10.5 Å². The quantitative estimate of drug-likeness (QED) is 0.784. The summed E-state index contributed by atoms with van der Waals surface area (Å²) in [6.07, 6.45) is 0. The Morgan fingerprint density at radius 3 is 2.48 bits per heavy atom. The zero-order valence-corrected chi connectivity index (χ0v) is 11.9. The van der Waals surface area contributed by atoms with E-state index in [1.807, 2.05) is 0 Å². The van der Waals surface area contributed by atoms with Gasteiger partial charge in [0, 0.05) is 10.9 Å². The van der Waals surface area contributed by atoms with Crippen LogP contribution in [0.2, 0.25) is 5.02 Å². The number of halogens is 2. The number of hydrogen-bond donors (Lipinski definition) is 1. The Morgan fingerprint density at radius 2 is 1.81 bits per heavy atom. The second-order valence-corrected chi connectivity index (χ2v) is 4.80. The van der Waals surface area contributed by atoms with Crippen molar-refractivity contribution >= 4 is 28.3 Å². The molecule has 3 rings (SSSR count). The molecule has 0 spiro atoms. The number of methoxy groups -OCH3 is 1. The highest BCUT2D eigenvalue weighted by molar-refractivity contribution is 6.36. The average Bonchev–Trinajstić information content (AvgIpc) is 2.49. The van der Waals surface area contributed by atoms with Gasteiger partial charge >= 0.3 is 0 Å². The van der Waals surface area contributed by atoms with Gasteiger partial charge in [0.25, 0.3) is 0 Å². The lowest BCUT2D eigenvalue weighted by atomic mass is 10.1. The van der Waals surface area contributed by atoms with Crippen LogP contribution in [-0.4, -0.2) is 17.1 Å². The molecule has 0 fully saturated rings. The van der Waals surface area contributed by atoms with Crippen LogP contribution >= 0.6 is 11.6 Å². The first-order valence-electron chi connectivity index (χ1n) is 6.16. The van der Waals surface area contributed by atoms with Crippen LogP contribution in [0.1, 0.15) is 0 Å². The van der Waals surface area contributed by atoms with Gasteiger partial charge < -0.3 is 10.5 Å². The van der Waals surface area contributed by atoms with Gasteiger partial charge in [0.2, 0.25) is 0 Å². The van der Waals surface area contributed by atoms with Crippen molar-refractivity contribution in [2.24, 2.45) is 0 Å². The van der Waals surface area contributed by atoms with E-state index in [-0.39, 0.29) is 5.82 Å². The van der Waals surface area contributed by atoms with E-state index in [0.29, 0.717) is 38.9 Å². The van der Waals surface area contributed by atoms with Gasteiger partial charge in [-0.15, -0.1) is 0 Å². The van der Waals surface area contributed by atoms with Crippen molar-refractivity contribution in [3.63, 3.8) is 0 Å². The minimum Gasteiger partial charge on any atom is -0.495 e. The van der Waals surface area contributed by atoms with E-state index in [4.69, 9.17) is 22.1 Å². The number of fused-ring (bicyclic) bond motifs is 1. The molecule has 0 saturated carbocycles. The van der Waals surface area contributed by atoms with E-state index in [0.717, 1.165) is 0 Å². The average molecular weight is 304 g/mol. The maximum Gasteiger partial charge on any atom is 0.162 e. The number of aromatic nitrogens is 2. The number of nitrogen functional groups attached to an aromatic ring is 1. The number of rotatable bonds is 2. The van der Waals surface area contributed by atoms with Gasteiger partial charge in [-0.25, -0.2) is 14.4 Å². The molecule has 6 heteroatoms. The monoisotopic (exact) mass is 303 g/mol. The van der Waals surface area contributed by atoms with E-state index in [1.165, 1.54) is 19.2 Å².